The van der Waals surface area contributed by atoms with Crippen LogP contribution in [0.1, 0.15) is 22.3 Å². The molecule has 5 heteroatoms. The van der Waals surface area contributed by atoms with Gasteiger partial charge < -0.3 is 19.7 Å². The van der Waals surface area contributed by atoms with Gasteiger partial charge in [0.05, 0.1) is 38.6 Å². The van der Waals surface area contributed by atoms with Crippen LogP contribution in [0.3, 0.4) is 0 Å². The summed E-state index contributed by atoms with van der Waals surface area (Å²) >= 11 is 1.69. The molecule has 0 aliphatic rings. The third kappa shape index (κ3) is 9.80. The van der Waals surface area contributed by atoms with Gasteiger partial charge in [0.15, 0.2) is 0 Å². The molecular weight excluding hydrogens is 480 g/mol. The maximum Gasteiger partial charge on any atom is 0.0814 e. The molecule has 0 bridgehead atoms. The van der Waals surface area contributed by atoms with Crippen molar-refractivity contribution in [2.24, 2.45) is 0 Å². The molecule has 2 N–H and O–H groups in total. The molecule has 4 aromatic carbocycles. The molecular formula is C32H34O4S. The van der Waals surface area contributed by atoms with Crippen LogP contribution >= 0.6 is 11.8 Å². The minimum absolute atomic E-state index is 0.311. The fraction of sp³-hybridized carbons (Fsp3) is 0.250. The lowest BCUT2D eigenvalue weighted by Crippen LogP contribution is -2.18. The summed E-state index contributed by atoms with van der Waals surface area (Å²) in [5.74, 6) is 0. The predicted octanol–water partition coefficient (Wildman–Crippen LogP) is 6.08. The first-order chi connectivity index (χ1) is 18.1. The molecule has 4 aromatic rings. The summed E-state index contributed by atoms with van der Waals surface area (Å²) < 4.78 is 11.3. The zero-order valence-corrected chi connectivity index (χ0v) is 21.7. The second-order valence-corrected chi connectivity index (χ2v) is 10.3. The van der Waals surface area contributed by atoms with Crippen LogP contribution in [-0.4, -0.2) is 35.6 Å². The van der Waals surface area contributed by atoms with Gasteiger partial charge in [-0.3, -0.25) is 0 Å². The van der Waals surface area contributed by atoms with Crippen molar-refractivity contribution in [1.29, 1.82) is 0 Å². The van der Waals surface area contributed by atoms with Crippen molar-refractivity contribution < 1.29 is 19.7 Å². The minimum Gasteiger partial charge on any atom is -0.390 e. The molecule has 0 aromatic heterocycles. The van der Waals surface area contributed by atoms with E-state index in [9.17, 15) is 10.2 Å². The van der Waals surface area contributed by atoms with E-state index in [0.29, 0.717) is 39.3 Å². The smallest absolute Gasteiger partial charge is 0.0814 e. The monoisotopic (exact) mass is 514 g/mol. The highest BCUT2D eigenvalue weighted by Crippen LogP contribution is 2.28. The zero-order chi connectivity index (χ0) is 25.7. The van der Waals surface area contributed by atoms with E-state index >= 15 is 0 Å². The van der Waals surface area contributed by atoms with Crippen molar-refractivity contribution in [1.82, 2.24) is 0 Å². The van der Waals surface area contributed by atoms with Crippen LogP contribution in [0, 0.1) is 0 Å². The zero-order valence-electron chi connectivity index (χ0n) is 20.9. The van der Waals surface area contributed by atoms with Crippen molar-refractivity contribution in [3.05, 3.63) is 131 Å². The fourth-order valence-electron chi connectivity index (χ4n) is 3.96. The van der Waals surface area contributed by atoms with Crippen LogP contribution in [0.25, 0.3) is 0 Å². The molecule has 0 aliphatic carbocycles. The van der Waals surface area contributed by atoms with E-state index in [2.05, 4.69) is 48.5 Å². The average molecular weight is 515 g/mol. The van der Waals surface area contributed by atoms with Gasteiger partial charge in [-0.25, -0.2) is 0 Å². The summed E-state index contributed by atoms with van der Waals surface area (Å²) in [6.45, 7) is 1.64. The summed E-state index contributed by atoms with van der Waals surface area (Å²) in [4.78, 5) is 2.28. The third-order valence-electron chi connectivity index (χ3n) is 5.87. The van der Waals surface area contributed by atoms with Crippen LogP contribution in [0.4, 0.5) is 0 Å². The first-order valence-corrected chi connectivity index (χ1v) is 13.4. The molecule has 0 saturated heterocycles. The largest absolute Gasteiger partial charge is 0.390 e. The molecule has 192 valence electrons. The Morgan fingerprint density at radius 1 is 0.486 bits per heavy atom. The van der Waals surface area contributed by atoms with Gasteiger partial charge in [0.1, 0.15) is 0 Å². The van der Waals surface area contributed by atoms with Crippen molar-refractivity contribution in [2.75, 3.05) is 13.2 Å². The highest BCUT2D eigenvalue weighted by atomic mass is 32.2. The Morgan fingerprint density at radius 3 is 1.24 bits per heavy atom. The molecule has 0 radical (unpaired) electrons. The van der Waals surface area contributed by atoms with E-state index in [1.54, 1.807) is 11.8 Å². The molecule has 4 rings (SSSR count). The van der Waals surface area contributed by atoms with E-state index < -0.39 is 12.2 Å². The van der Waals surface area contributed by atoms with Gasteiger partial charge in [0, 0.05) is 22.6 Å². The molecule has 37 heavy (non-hydrogen) atoms. The average Bonchev–Trinajstić information content (AvgIpc) is 2.92. The molecule has 0 fully saturated rings. The molecule has 2 atom stereocenters. The summed E-state index contributed by atoms with van der Waals surface area (Å²) in [5, 5.41) is 20.6. The number of hydrogen-bond donors (Lipinski definition) is 2. The molecule has 0 amide bonds. The lowest BCUT2D eigenvalue weighted by Gasteiger charge is -2.12. The first-order valence-electron chi connectivity index (χ1n) is 12.6. The number of aliphatic hydroxyl groups excluding tert-OH is 2. The summed E-state index contributed by atoms with van der Waals surface area (Å²) in [7, 11) is 0. The molecule has 0 spiro atoms. The Labute approximate surface area is 223 Å². The van der Waals surface area contributed by atoms with E-state index in [1.807, 2.05) is 60.7 Å². The van der Waals surface area contributed by atoms with Crippen molar-refractivity contribution in [3.8, 4) is 0 Å². The second-order valence-electron chi connectivity index (χ2n) is 9.11. The SMILES string of the molecule is OC(COCc1ccccc1)Cc1ccc(Sc2ccc(CC(O)COCc3ccccc3)cc2)cc1. The standard InChI is InChI=1S/C32H34O4S/c33-29(23-35-21-27-7-3-1-4-8-27)19-25-11-15-31(16-12-25)37-32-17-13-26(14-18-32)20-30(34)24-36-22-28-9-5-2-6-10-28/h1-18,29-30,33-34H,19-24H2. The second kappa shape index (κ2) is 14.7. The minimum atomic E-state index is -0.533. The van der Waals surface area contributed by atoms with E-state index in [1.165, 1.54) is 0 Å². The van der Waals surface area contributed by atoms with E-state index in [0.717, 1.165) is 32.0 Å². The summed E-state index contributed by atoms with van der Waals surface area (Å²) in [5.41, 5.74) is 4.37. The maximum atomic E-state index is 10.3. The van der Waals surface area contributed by atoms with Crippen LogP contribution in [0.2, 0.25) is 0 Å². The molecule has 2 unspecified atom stereocenters. The fourth-order valence-corrected chi connectivity index (χ4v) is 4.78. The van der Waals surface area contributed by atoms with Crippen LogP contribution in [0.15, 0.2) is 119 Å². The first kappa shape index (κ1) is 27.1. The van der Waals surface area contributed by atoms with Gasteiger partial charge in [-0.15, -0.1) is 0 Å². The Hall–Kier alpha value is -2.93. The third-order valence-corrected chi connectivity index (χ3v) is 6.88. The van der Waals surface area contributed by atoms with Crippen molar-refractivity contribution in [3.63, 3.8) is 0 Å². The van der Waals surface area contributed by atoms with Crippen LogP contribution < -0.4 is 0 Å². The topological polar surface area (TPSA) is 58.9 Å². The van der Waals surface area contributed by atoms with Crippen LogP contribution in [0.5, 0.6) is 0 Å². The van der Waals surface area contributed by atoms with E-state index in [-0.39, 0.29) is 0 Å². The van der Waals surface area contributed by atoms with Gasteiger partial charge in [-0.2, -0.15) is 0 Å². The summed E-state index contributed by atoms with van der Waals surface area (Å²) in [6.07, 6.45) is 0.0557. The Bertz CT molecular complexity index is 1070. The number of hydrogen-bond acceptors (Lipinski definition) is 5. The number of benzene rings is 4. The van der Waals surface area contributed by atoms with Crippen molar-refractivity contribution in [2.45, 2.75) is 48.1 Å². The lowest BCUT2D eigenvalue weighted by molar-refractivity contribution is 0.0288. The Kier molecular flexibility index (Phi) is 10.8. The molecule has 0 saturated carbocycles. The quantitative estimate of drug-likeness (QED) is 0.214. The van der Waals surface area contributed by atoms with E-state index in [4.69, 9.17) is 9.47 Å². The van der Waals surface area contributed by atoms with Gasteiger partial charge >= 0.3 is 0 Å². The molecule has 0 heterocycles. The van der Waals surface area contributed by atoms with Gasteiger partial charge in [-0.05, 0) is 46.5 Å². The number of aliphatic hydroxyl groups is 2. The number of ether oxygens (including phenoxy) is 2. The van der Waals surface area contributed by atoms with Gasteiger partial charge in [0.2, 0.25) is 0 Å². The lowest BCUT2D eigenvalue weighted by atomic mass is 10.1. The predicted molar refractivity (Wildman–Crippen MR) is 149 cm³/mol. The highest BCUT2D eigenvalue weighted by Gasteiger charge is 2.09. The summed E-state index contributed by atoms with van der Waals surface area (Å²) in [6, 6.07) is 36.5. The van der Waals surface area contributed by atoms with Crippen molar-refractivity contribution >= 4 is 11.8 Å². The normalized spacial score (nSPS) is 12.8. The van der Waals surface area contributed by atoms with Gasteiger partial charge in [-0.1, -0.05) is 96.7 Å². The Balaban J connectivity index is 1.16. The van der Waals surface area contributed by atoms with Gasteiger partial charge in [0.25, 0.3) is 0 Å². The Morgan fingerprint density at radius 2 is 0.865 bits per heavy atom. The number of rotatable bonds is 14. The molecule has 0 aliphatic heterocycles. The maximum absolute atomic E-state index is 10.3. The molecule has 4 nitrogen and oxygen atoms in total. The van der Waals surface area contributed by atoms with Crippen LogP contribution in [-0.2, 0) is 35.5 Å². The highest BCUT2D eigenvalue weighted by molar-refractivity contribution is 7.99.